The number of para-hydroxylation sites is 1. The lowest BCUT2D eigenvalue weighted by atomic mass is 10.2. The van der Waals surface area contributed by atoms with Crippen molar-refractivity contribution in [2.75, 3.05) is 0 Å². The first-order valence-corrected chi connectivity index (χ1v) is 5.59. The summed E-state index contributed by atoms with van der Waals surface area (Å²) in [7, 11) is 0. The van der Waals surface area contributed by atoms with Gasteiger partial charge in [0.15, 0.2) is 0 Å². The standard InChI is InChI=1S/C11H10N2OS/c1-2-8(7-12)13-9-5-3-4-6-10(9)15-11(13)14/h3-6,8H,2H2,1H3. The molecular weight excluding hydrogens is 208 g/mol. The quantitative estimate of drug-likeness (QED) is 0.777. The maximum Gasteiger partial charge on any atom is 0.309 e. The van der Waals surface area contributed by atoms with E-state index in [9.17, 15) is 4.79 Å². The van der Waals surface area contributed by atoms with Gasteiger partial charge in [-0.15, -0.1) is 0 Å². The second-order valence-electron chi connectivity index (χ2n) is 3.26. The van der Waals surface area contributed by atoms with E-state index in [1.807, 2.05) is 31.2 Å². The molecule has 0 aliphatic carbocycles. The van der Waals surface area contributed by atoms with Gasteiger partial charge in [-0.1, -0.05) is 30.4 Å². The van der Waals surface area contributed by atoms with Gasteiger partial charge in [0.2, 0.25) is 0 Å². The molecule has 0 aliphatic heterocycles. The second-order valence-corrected chi connectivity index (χ2v) is 4.25. The highest BCUT2D eigenvalue weighted by Gasteiger charge is 2.14. The molecule has 0 aliphatic rings. The molecule has 15 heavy (non-hydrogen) atoms. The molecule has 1 heterocycles. The Balaban J connectivity index is 2.75. The topological polar surface area (TPSA) is 45.8 Å². The number of hydrogen-bond acceptors (Lipinski definition) is 3. The number of hydrogen-bond donors (Lipinski definition) is 0. The molecule has 2 rings (SSSR count). The highest BCUT2D eigenvalue weighted by molar-refractivity contribution is 7.16. The highest BCUT2D eigenvalue weighted by Crippen LogP contribution is 2.21. The molecule has 0 amide bonds. The summed E-state index contributed by atoms with van der Waals surface area (Å²) in [5.74, 6) is 0. The minimum Gasteiger partial charge on any atom is -0.282 e. The fraction of sp³-hybridized carbons (Fsp3) is 0.273. The second kappa shape index (κ2) is 3.87. The number of nitrogens with zero attached hydrogens (tertiary/aromatic N) is 2. The highest BCUT2D eigenvalue weighted by atomic mass is 32.1. The first-order chi connectivity index (χ1) is 7.27. The Morgan fingerprint density at radius 3 is 2.93 bits per heavy atom. The van der Waals surface area contributed by atoms with Crippen LogP contribution in [0.2, 0.25) is 0 Å². The van der Waals surface area contributed by atoms with E-state index < -0.39 is 0 Å². The summed E-state index contributed by atoms with van der Waals surface area (Å²) >= 11 is 1.19. The number of thiazole rings is 1. The molecule has 0 bridgehead atoms. The van der Waals surface area contributed by atoms with Gasteiger partial charge in [-0.2, -0.15) is 5.26 Å². The van der Waals surface area contributed by atoms with E-state index in [0.29, 0.717) is 6.42 Å². The Labute approximate surface area is 91.2 Å². The van der Waals surface area contributed by atoms with E-state index in [2.05, 4.69) is 6.07 Å². The van der Waals surface area contributed by atoms with Crippen molar-refractivity contribution in [3.05, 3.63) is 33.9 Å². The largest absolute Gasteiger partial charge is 0.309 e. The van der Waals surface area contributed by atoms with E-state index in [1.54, 1.807) is 4.57 Å². The number of rotatable bonds is 2. The van der Waals surface area contributed by atoms with Crippen molar-refractivity contribution in [1.82, 2.24) is 4.57 Å². The number of nitriles is 1. The molecule has 76 valence electrons. The van der Waals surface area contributed by atoms with Crippen molar-refractivity contribution in [2.24, 2.45) is 0 Å². The van der Waals surface area contributed by atoms with Crippen LogP contribution in [0.3, 0.4) is 0 Å². The van der Waals surface area contributed by atoms with Crippen LogP contribution < -0.4 is 4.87 Å². The zero-order valence-corrected chi connectivity index (χ0v) is 9.12. The van der Waals surface area contributed by atoms with Crippen molar-refractivity contribution in [3.63, 3.8) is 0 Å². The van der Waals surface area contributed by atoms with E-state index >= 15 is 0 Å². The lowest BCUT2D eigenvalue weighted by molar-refractivity contribution is 0.607. The monoisotopic (exact) mass is 218 g/mol. The van der Waals surface area contributed by atoms with Gasteiger partial charge >= 0.3 is 4.87 Å². The first-order valence-electron chi connectivity index (χ1n) is 4.77. The molecule has 0 N–H and O–H groups in total. The third-order valence-electron chi connectivity index (χ3n) is 2.37. The van der Waals surface area contributed by atoms with Crippen LogP contribution in [-0.4, -0.2) is 4.57 Å². The lowest BCUT2D eigenvalue weighted by Gasteiger charge is -2.07. The Kier molecular flexibility index (Phi) is 2.57. The molecule has 1 atom stereocenters. The van der Waals surface area contributed by atoms with Crippen molar-refractivity contribution < 1.29 is 0 Å². The van der Waals surface area contributed by atoms with Gasteiger partial charge in [0.1, 0.15) is 6.04 Å². The average molecular weight is 218 g/mol. The van der Waals surface area contributed by atoms with E-state index in [-0.39, 0.29) is 10.9 Å². The fourth-order valence-electron chi connectivity index (χ4n) is 1.61. The number of aromatic nitrogens is 1. The zero-order valence-electron chi connectivity index (χ0n) is 8.30. The number of benzene rings is 1. The Hall–Kier alpha value is -1.60. The minimum atomic E-state index is -0.353. The van der Waals surface area contributed by atoms with Crippen LogP contribution in [0.25, 0.3) is 10.2 Å². The summed E-state index contributed by atoms with van der Waals surface area (Å²) in [6.07, 6.45) is 0.650. The number of fused-ring (bicyclic) bond motifs is 1. The molecule has 0 radical (unpaired) electrons. The van der Waals surface area contributed by atoms with Gasteiger partial charge in [0.05, 0.1) is 16.3 Å². The third-order valence-corrected chi connectivity index (χ3v) is 3.30. The predicted molar refractivity (Wildman–Crippen MR) is 61.0 cm³/mol. The minimum absolute atomic E-state index is 0.0513. The fourth-order valence-corrected chi connectivity index (χ4v) is 2.54. The molecule has 3 nitrogen and oxygen atoms in total. The van der Waals surface area contributed by atoms with Crippen molar-refractivity contribution in [3.8, 4) is 6.07 Å². The molecular formula is C11H10N2OS. The molecule has 0 spiro atoms. The van der Waals surface area contributed by atoms with Gasteiger partial charge in [-0.3, -0.25) is 9.36 Å². The van der Waals surface area contributed by atoms with Crippen LogP contribution in [-0.2, 0) is 0 Å². The summed E-state index contributed by atoms with van der Waals surface area (Å²) in [6.45, 7) is 1.91. The molecule has 0 saturated carbocycles. The third kappa shape index (κ3) is 1.55. The maximum absolute atomic E-state index is 11.7. The maximum atomic E-state index is 11.7. The van der Waals surface area contributed by atoms with Crippen LogP contribution in [0, 0.1) is 11.3 Å². The molecule has 2 aromatic rings. The molecule has 1 aromatic heterocycles. The van der Waals surface area contributed by atoms with Crippen LogP contribution in [0.15, 0.2) is 29.1 Å². The molecule has 1 unspecified atom stereocenters. The normalized spacial score (nSPS) is 12.5. The van der Waals surface area contributed by atoms with E-state index in [1.165, 1.54) is 11.3 Å². The van der Waals surface area contributed by atoms with Crippen LogP contribution in [0.1, 0.15) is 19.4 Å². The molecule has 4 heteroatoms. The summed E-state index contributed by atoms with van der Waals surface area (Å²) in [6, 6.07) is 9.37. The zero-order chi connectivity index (χ0) is 10.8. The van der Waals surface area contributed by atoms with Gasteiger partial charge in [-0.25, -0.2) is 0 Å². The molecule has 1 aromatic carbocycles. The summed E-state index contributed by atoms with van der Waals surface area (Å²) in [5.41, 5.74) is 0.862. The van der Waals surface area contributed by atoms with Crippen molar-refractivity contribution in [1.29, 1.82) is 5.26 Å². The van der Waals surface area contributed by atoms with Gasteiger partial charge in [0.25, 0.3) is 0 Å². The average Bonchev–Trinajstić information content (AvgIpc) is 2.58. The smallest absolute Gasteiger partial charge is 0.282 e. The summed E-state index contributed by atoms with van der Waals surface area (Å²) in [4.78, 5) is 11.7. The Morgan fingerprint density at radius 2 is 2.27 bits per heavy atom. The van der Waals surface area contributed by atoms with E-state index in [4.69, 9.17) is 5.26 Å². The van der Waals surface area contributed by atoms with Crippen LogP contribution in [0.4, 0.5) is 0 Å². The van der Waals surface area contributed by atoms with Crippen molar-refractivity contribution >= 4 is 21.6 Å². The Morgan fingerprint density at radius 1 is 1.53 bits per heavy atom. The first kappa shape index (κ1) is 9.94. The summed E-state index contributed by atoms with van der Waals surface area (Å²) in [5, 5.41) is 8.98. The van der Waals surface area contributed by atoms with E-state index in [0.717, 1.165) is 10.2 Å². The van der Waals surface area contributed by atoms with Crippen LogP contribution >= 0.6 is 11.3 Å². The SMILES string of the molecule is CCC(C#N)n1c(=O)sc2ccccc21. The van der Waals surface area contributed by atoms with Gasteiger partial charge < -0.3 is 0 Å². The van der Waals surface area contributed by atoms with Crippen molar-refractivity contribution in [2.45, 2.75) is 19.4 Å². The van der Waals surface area contributed by atoms with Gasteiger partial charge in [-0.05, 0) is 18.6 Å². The lowest BCUT2D eigenvalue weighted by Crippen LogP contribution is -2.17. The van der Waals surface area contributed by atoms with Crippen LogP contribution in [0.5, 0.6) is 0 Å². The summed E-state index contributed by atoms with van der Waals surface area (Å²) < 4.78 is 2.52. The predicted octanol–water partition coefficient (Wildman–Crippen LogP) is 2.54. The molecule has 0 saturated heterocycles. The Bertz CT molecular complexity index is 576. The molecule has 0 fully saturated rings. The van der Waals surface area contributed by atoms with Gasteiger partial charge in [0, 0.05) is 0 Å².